The highest BCUT2D eigenvalue weighted by Crippen LogP contribution is 2.35. The summed E-state index contributed by atoms with van der Waals surface area (Å²) < 4.78 is 0. The van der Waals surface area contributed by atoms with E-state index in [2.05, 4.69) is 5.32 Å². The fourth-order valence-electron chi connectivity index (χ4n) is 1.53. The molecule has 1 amide bonds. The SMILES string of the molecule is O=C(Nc1cc(Cl)c(O)c(Cl)c1)c1cc(Cl)ccc1O. The minimum Gasteiger partial charge on any atom is -0.507 e. The van der Waals surface area contributed by atoms with Gasteiger partial charge in [-0.1, -0.05) is 34.8 Å². The molecule has 7 heteroatoms. The fraction of sp³-hybridized carbons (Fsp3) is 0. The van der Waals surface area contributed by atoms with Crippen molar-refractivity contribution < 1.29 is 15.0 Å². The zero-order chi connectivity index (χ0) is 14.9. The average molecular weight is 333 g/mol. The van der Waals surface area contributed by atoms with Gasteiger partial charge in [-0.3, -0.25) is 4.79 Å². The number of amides is 1. The Hall–Kier alpha value is -1.62. The Morgan fingerprint density at radius 3 is 2.20 bits per heavy atom. The smallest absolute Gasteiger partial charge is 0.259 e. The Morgan fingerprint density at radius 1 is 1.00 bits per heavy atom. The Kier molecular flexibility index (Phi) is 4.28. The van der Waals surface area contributed by atoms with Gasteiger partial charge in [0.25, 0.3) is 5.91 Å². The molecule has 0 heterocycles. The third-order valence-corrected chi connectivity index (χ3v) is 3.29. The second-order valence-corrected chi connectivity index (χ2v) is 5.15. The van der Waals surface area contributed by atoms with Crippen molar-refractivity contribution in [2.24, 2.45) is 0 Å². The molecule has 0 fully saturated rings. The summed E-state index contributed by atoms with van der Waals surface area (Å²) in [5, 5.41) is 21.9. The molecule has 0 spiro atoms. The van der Waals surface area contributed by atoms with Crippen molar-refractivity contribution >= 4 is 46.4 Å². The summed E-state index contributed by atoms with van der Waals surface area (Å²) in [6.07, 6.45) is 0. The molecule has 0 aromatic heterocycles. The molecule has 3 N–H and O–H groups in total. The summed E-state index contributed by atoms with van der Waals surface area (Å²) >= 11 is 17.3. The minimum absolute atomic E-state index is 0.00289. The predicted molar refractivity (Wildman–Crippen MR) is 79.2 cm³/mol. The number of phenols is 2. The van der Waals surface area contributed by atoms with Gasteiger partial charge >= 0.3 is 0 Å². The van der Waals surface area contributed by atoms with Crippen molar-refractivity contribution in [2.45, 2.75) is 0 Å². The maximum Gasteiger partial charge on any atom is 0.259 e. The molecule has 0 aliphatic carbocycles. The van der Waals surface area contributed by atoms with Crippen molar-refractivity contribution in [3.05, 3.63) is 51.0 Å². The summed E-state index contributed by atoms with van der Waals surface area (Å²) in [7, 11) is 0. The molecule has 2 aromatic rings. The maximum atomic E-state index is 12.0. The van der Waals surface area contributed by atoms with E-state index in [1.807, 2.05) is 0 Å². The number of halogens is 3. The summed E-state index contributed by atoms with van der Waals surface area (Å²) in [6, 6.07) is 6.77. The molecule has 0 aliphatic heterocycles. The summed E-state index contributed by atoms with van der Waals surface area (Å²) in [5.74, 6) is -1.05. The second kappa shape index (κ2) is 5.79. The van der Waals surface area contributed by atoms with Gasteiger partial charge in [-0.25, -0.2) is 0 Å². The lowest BCUT2D eigenvalue weighted by Gasteiger charge is -2.09. The van der Waals surface area contributed by atoms with Crippen LogP contribution in [-0.4, -0.2) is 16.1 Å². The number of phenolic OH excluding ortho intramolecular Hbond substituents is 2. The number of carbonyl (C=O) groups is 1. The van der Waals surface area contributed by atoms with Gasteiger partial charge in [0.05, 0.1) is 15.6 Å². The molecule has 0 radical (unpaired) electrons. The maximum absolute atomic E-state index is 12.0. The van der Waals surface area contributed by atoms with Crippen LogP contribution in [0.1, 0.15) is 10.4 Å². The van der Waals surface area contributed by atoms with Crippen LogP contribution in [0.25, 0.3) is 0 Å². The number of rotatable bonds is 2. The molecule has 2 rings (SSSR count). The van der Waals surface area contributed by atoms with E-state index < -0.39 is 5.91 Å². The first-order valence-corrected chi connectivity index (χ1v) is 6.49. The zero-order valence-corrected chi connectivity index (χ0v) is 12.1. The molecular weight excluding hydrogens is 325 g/mol. The van der Waals surface area contributed by atoms with Crippen LogP contribution >= 0.6 is 34.8 Å². The van der Waals surface area contributed by atoms with Gasteiger partial charge in [0, 0.05) is 10.7 Å². The highest BCUT2D eigenvalue weighted by Gasteiger charge is 2.14. The van der Waals surface area contributed by atoms with E-state index in [1.54, 1.807) is 0 Å². The number of anilines is 1. The first-order valence-electron chi connectivity index (χ1n) is 5.36. The van der Waals surface area contributed by atoms with Gasteiger partial charge in [0.1, 0.15) is 5.75 Å². The van der Waals surface area contributed by atoms with Crippen LogP contribution in [0.4, 0.5) is 5.69 Å². The number of carbonyl (C=O) groups excluding carboxylic acids is 1. The fourth-order valence-corrected chi connectivity index (χ4v) is 2.19. The first-order chi connectivity index (χ1) is 9.38. The Morgan fingerprint density at radius 2 is 1.60 bits per heavy atom. The Balaban J connectivity index is 2.30. The molecule has 0 atom stereocenters. The van der Waals surface area contributed by atoms with Gasteiger partial charge in [-0.2, -0.15) is 0 Å². The van der Waals surface area contributed by atoms with Gasteiger partial charge in [-0.05, 0) is 30.3 Å². The van der Waals surface area contributed by atoms with E-state index in [0.717, 1.165) is 0 Å². The Bertz CT molecular complexity index is 666. The molecule has 0 unspecified atom stereocenters. The molecule has 4 nitrogen and oxygen atoms in total. The van der Waals surface area contributed by atoms with E-state index in [4.69, 9.17) is 34.8 Å². The first kappa shape index (κ1) is 14.8. The monoisotopic (exact) mass is 331 g/mol. The van der Waals surface area contributed by atoms with Crippen molar-refractivity contribution in [1.29, 1.82) is 0 Å². The minimum atomic E-state index is -0.581. The van der Waals surface area contributed by atoms with Crippen LogP contribution in [0.15, 0.2) is 30.3 Å². The van der Waals surface area contributed by atoms with Crippen LogP contribution in [0, 0.1) is 0 Å². The van der Waals surface area contributed by atoms with Gasteiger partial charge < -0.3 is 15.5 Å². The number of nitrogens with one attached hydrogen (secondary N) is 1. The zero-order valence-electron chi connectivity index (χ0n) is 9.82. The highest BCUT2D eigenvalue weighted by atomic mass is 35.5. The van der Waals surface area contributed by atoms with Crippen molar-refractivity contribution in [3.63, 3.8) is 0 Å². The summed E-state index contributed by atoms with van der Waals surface area (Å²) in [5.41, 5.74) is 0.292. The van der Waals surface area contributed by atoms with E-state index in [9.17, 15) is 15.0 Å². The predicted octanol–water partition coefficient (Wildman–Crippen LogP) is 4.31. The largest absolute Gasteiger partial charge is 0.507 e. The topological polar surface area (TPSA) is 69.6 Å². The van der Waals surface area contributed by atoms with E-state index in [1.165, 1.54) is 30.3 Å². The molecule has 20 heavy (non-hydrogen) atoms. The van der Waals surface area contributed by atoms with Crippen molar-refractivity contribution in [1.82, 2.24) is 0 Å². The molecule has 0 aliphatic rings. The van der Waals surface area contributed by atoms with Crippen LogP contribution in [-0.2, 0) is 0 Å². The van der Waals surface area contributed by atoms with E-state index >= 15 is 0 Å². The lowest BCUT2D eigenvalue weighted by molar-refractivity contribution is 0.102. The average Bonchev–Trinajstić information content (AvgIpc) is 2.38. The van der Waals surface area contributed by atoms with Crippen LogP contribution in [0.5, 0.6) is 11.5 Å². The lowest BCUT2D eigenvalue weighted by atomic mass is 10.2. The number of aromatic hydroxyl groups is 2. The summed E-state index contributed by atoms with van der Waals surface area (Å²) in [6.45, 7) is 0. The lowest BCUT2D eigenvalue weighted by Crippen LogP contribution is -2.12. The van der Waals surface area contributed by atoms with Crippen molar-refractivity contribution in [3.8, 4) is 11.5 Å². The Labute approximate surface area is 129 Å². The number of hydrogen-bond acceptors (Lipinski definition) is 3. The molecule has 0 saturated heterocycles. The molecule has 2 aromatic carbocycles. The number of hydrogen-bond donors (Lipinski definition) is 3. The van der Waals surface area contributed by atoms with Gasteiger partial charge in [0.2, 0.25) is 0 Å². The van der Waals surface area contributed by atoms with Crippen LogP contribution in [0.3, 0.4) is 0 Å². The normalized spacial score (nSPS) is 10.3. The highest BCUT2D eigenvalue weighted by molar-refractivity contribution is 6.37. The third-order valence-electron chi connectivity index (χ3n) is 2.48. The third kappa shape index (κ3) is 3.10. The number of benzene rings is 2. The molecular formula is C13H8Cl3NO3. The van der Waals surface area contributed by atoms with E-state index in [-0.39, 0.29) is 32.8 Å². The molecule has 0 bridgehead atoms. The van der Waals surface area contributed by atoms with Crippen molar-refractivity contribution in [2.75, 3.05) is 5.32 Å². The standard InChI is InChI=1S/C13H8Cl3NO3/c14-6-1-2-11(18)8(3-6)13(20)17-7-4-9(15)12(19)10(16)5-7/h1-5,18-19H,(H,17,20). The van der Waals surface area contributed by atoms with Gasteiger partial charge in [0.15, 0.2) is 5.75 Å². The molecule has 0 saturated carbocycles. The molecule has 104 valence electrons. The van der Waals surface area contributed by atoms with Gasteiger partial charge in [-0.15, -0.1) is 0 Å². The van der Waals surface area contributed by atoms with Crippen LogP contribution < -0.4 is 5.32 Å². The summed E-state index contributed by atoms with van der Waals surface area (Å²) in [4.78, 5) is 12.0. The van der Waals surface area contributed by atoms with E-state index in [0.29, 0.717) is 5.02 Å². The quantitative estimate of drug-likeness (QED) is 0.718. The second-order valence-electron chi connectivity index (χ2n) is 3.90. The van der Waals surface area contributed by atoms with Crippen LogP contribution in [0.2, 0.25) is 15.1 Å².